The van der Waals surface area contributed by atoms with Crippen LogP contribution < -0.4 is 5.84 Å². The molecule has 0 aromatic carbocycles. The zero-order valence-electron chi connectivity index (χ0n) is 7.41. The maximum Gasteiger partial charge on any atom is 0.214 e. The molecular formula is C7H12N4OS. The minimum Gasteiger partial charge on any atom is -0.367 e. The first kappa shape index (κ1) is 8.71. The zero-order chi connectivity index (χ0) is 9.47. The molecule has 6 heteroatoms. The van der Waals surface area contributed by atoms with Gasteiger partial charge in [0.25, 0.3) is 0 Å². The van der Waals surface area contributed by atoms with Crippen LogP contribution in [0.25, 0.3) is 0 Å². The van der Waals surface area contributed by atoms with E-state index in [2.05, 4.69) is 10.2 Å². The van der Waals surface area contributed by atoms with Crippen LogP contribution in [0.2, 0.25) is 0 Å². The van der Waals surface area contributed by atoms with Crippen LogP contribution in [0.3, 0.4) is 0 Å². The highest BCUT2D eigenvalue weighted by atomic mass is 32.1. The van der Waals surface area contributed by atoms with Crippen molar-refractivity contribution in [1.29, 1.82) is 0 Å². The van der Waals surface area contributed by atoms with Crippen LogP contribution in [0.1, 0.15) is 25.6 Å². The van der Waals surface area contributed by atoms with Crippen molar-refractivity contribution in [2.45, 2.75) is 25.4 Å². The van der Waals surface area contributed by atoms with E-state index in [0.717, 1.165) is 19.4 Å². The second kappa shape index (κ2) is 2.81. The quantitative estimate of drug-likeness (QED) is 0.516. The molecule has 0 radical (unpaired) electrons. The number of aromatic nitrogens is 3. The van der Waals surface area contributed by atoms with Crippen LogP contribution >= 0.6 is 12.2 Å². The predicted octanol–water partition coefficient (Wildman–Crippen LogP) is 0.680. The third-order valence-corrected chi connectivity index (χ3v) is 2.68. The van der Waals surface area contributed by atoms with Crippen LogP contribution in [0.15, 0.2) is 0 Å². The molecule has 1 aromatic heterocycles. The van der Waals surface area contributed by atoms with Crippen molar-refractivity contribution in [1.82, 2.24) is 14.9 Å². The molecule has 0 aliphatic carbocycles. The highest BCUT2D eigenvalue weighted by molar-refractivity contribution is 7.71. The molecule has 1 aliphatic rings. The first-order chi connectivity index (χ1) is 6.13. The second-order valence-corrected chi connectivity index (χ2v) is 3.79. The lowest BCUT2D eigenvalue weighted by Crippen LogP contribution is -2.28. The van der Waals surface area contributed by atoms with Gasteiger partial charge in [-0.15, -0.1) is 0 Å². The van der Waals surface area contributed by atoms with E-state index in [-0.39, 0.29) is 5.60 Å². The van der Waals surface area contributed by atoms with Gasteiger partial charge in [-0.2, -0.15) is 5.10 Å². The minimum atomic E-state index is -0.373. The molecule has 1 unspecified atom stereocenters. The Labute approximate surface area is 80.9 Å². The van der Waals surface area contributed by atoms with Gasteiger partial charge in [-0.1, -0.05) is 0 Å². The van der Waals surface area contributed by atoms with Gasteiger partial charge in [-0.3, -0.25) is 5.10 Å². The number of ether oxygens (including phenoxy) is 1. The molecule has 1 aromatic rings. The number of aromatic amines is 1. The van der Waals surface area contributed by atoms with Gasteiger partial charge in [0.05, 0.1) is 0 Å². The lowest BCUT2D eigenvalue weighted by molar-refractivity contribution is 0.00738. The van der Waals surface area contributed by atoms with Crippen molar-refractivity contribution in [3.05, 3.63) is 10.6 Å². The largest absolute Gasteiger partial charge is 0.367 e. The molecular weight excluding hydrogens is 188 g/mol. The Kier molecular flexibility index (Phi) is 1.88. The summed E-state index contributed by atoms with van der Waals surface area (Å²) in [7, 11) is 0. The summed E-state index contributed by atoms with van der Waals surface area (Å²) in [5.74, 6) is 6.38. The number of hydrogen-bond acceptors (Lipinski definition) is 4. The molecule has 1 atom stereocenters. The summed E-state index contributed by atoms with van der Waals surface area (Å²) in [4.78, 5) is 0. The molecule has 2 rings (SSSR count). The Morgan fingerprint density at radius 3 is 3.00 bits per heavy atom. The van der Waals surface area contributed by atoms with Gasteiger partial charge in [0.2, 0.25) is 4.77 Å². The Hall–Kier alpha value is -0.880. The first-order valence-corrected chi connectivity index (χ1v) is 4.61. The third-order valence-electron chi connectivity index (χ3n) is 2.40. The highest BCUT2D eigenvalue weighted by Gasteiger charge is 2.36. The minimum absolute atomic E-state index is 0.373. The van der Waals surface area contributed by atoms with E-state index in [0.29, 0.717) is 10.6 Å². The Morgan fingerprint density at radius 1 is 1.77 bits per heavy atom. The number of nitrogen functional groups attached to an aromatic ring is 1. The summed E-state index contributed by atoms with van der Waals surface area (Å²) < 4.78 is 7.39. The van der Waals surface area contributed by atoms with Crippen molar-refractivity contribution in [2.75, 3.05) is 12.4 Å². The van der Waals surface area contributed by atoms with Crippen LogP contribution in [0.5, 0.6) is 0 Å². The summed E-state index contributed by atoms with van der Waals surface area (Å²) in [6.07, 6.45) is 1.97. The Bertz CT molecular complexity index is 363. The van der Waals surface area contributed by atoms with Crippen LogP contribution in [-0.2, 0) is 10.3 Å². The van der Waals surface area contributed by atoms with Crippen molar-refractivity contribution >= 4 is 12.2 Å². The number of nitrogens with one attached hydrogen (secondary N) is 1. The van der Waals surface area contributed by atoms with Gasteiger partial charge in [-0.05, 0) is 32.0 Å². The molecule has 1 fully saturated rings. The average molecular weight is 200 g/mol. The molecule has 3 N–H and O–H groups in total. The third kappa shape index (κ3) is 1.26. The topological polar surface area (TPSA) is 68.9 Å². The van der Waals surface area contributed by atoms with Gasteiger partial charge >= 0.3 is 0 Å². The maximum atomic E-state index is 5.71. The summed E-state index contributed by atoms with van der Waals surface area (Å²) in [5, 5.41) is 6.71. The molecule has 13 heavy (non-hydrogen) atoms. The molecule has 1 aliphatic heterocycles. The van der Waals surface area contributed by atoms with Gasteiger partial charge in [0, 0.05) is 6.61 Å². The van der Waals surface area contributed by atoms with Crippen molar-refractivity contribution in [3.63, 3.8) is 0 Å². The normalized spacial score (nSPS) is 28.1. The molecule has 5 nitrogen and oxygen atoms in total. The molecule has 0 bridgehead atoms. The van der Waals surface area contributed by atoms with E-state index in [1.807, 2.05) is 6.92 Å². The Morgan fingerprint density at radius 2 is 2.54 bits per heavy atom. The van der Waals surface area contributed by atoms with E-state index in [1.165, 1.54) is 4.68 Å². The standard InChI is InChI=1S/C7H12N4OS/c1-7(3-2-4-12-7)5-9-10-6(13)11(5)8/h2-4,8H2,1H3,(H,10,13). The van der Waals surface area contributed by atoms with Crippen LogP contribution in [0, 0.1) is 4.77 Å². The fraction of sp³-hybridized carbons (Fsp3) is 0.714. The van der Waals surface area contributed by atoms with Gasteiger partial charge in [0.1, 0.15) is 5.60 Å². The van der Waals surface area contributed by atoms with E-state index in [9.17, 15) is 0 Å². The Balaban J connectivity index is 2.44. The lowest BCUT2D eigenvalue weighted by atomic mass is 10.0. The van der Waals surface area contributed by atoms with Crippen LogP contribution in [0.4, 0.5) is 0 Å². The fourth-order valence-electron chi connectivity index (χ4n) is 1.63. The monoisotopic (exact) mass is 200 g/mol. The SMILES string of the molecule is CC1(c2n[nH]c(=S)n2N)CCCO1. The molecule has 0 amide bonds. The lowest BCUT2D eigenvalue weighted by Gasteiger charge is -2.20. The van der Waals surface area contributed by atoms with E-state index in [1.54, 1.807) is 0 Å². The number of nitrogens with zero attached hydrogens (tertiary/aromatic N) is 2. The maximum absolute atomic E-state index is 5.71. The predicted molar refractivity (Wildman–Crippen MR) is 50.1 cm³/mol. The molecule has 0 spiro atoms. The fourth-order valence-corrected chi connectivity index (χ4v) is 1.77. The van der Waals surface area contributed by atoms with Crippen molar-refractivity contribution < 1.29 is 4.74 Å². The smallest absolute Gasteiger partial charge is 0.214 e. The van der Waals surface area contributed by atoms with Crippen LogP contribution in [-0.4, -0.2) is 21.5 Å². The summed E-state index contributed by atoms with van der Waals surface area (Å²) in [5.41, 5.74) is -0.373. The number of nitrogens with two attached hydrogens (primary N) is 1. The van der Waals surface area contributed by atoms with E-state index >= 15 is 0 Å². The highest BCUT2D eigenvalue weighted by Crippen LogP contribution is 2.33. The van der Waals surface area contributed by atoms with Gasteiger partial charge < -0.3 is 10.6 Å². The van der Waals surface area contributed by atoms with Crippen molar-refractivity contribution in [3.8, 4) is 0 Å². The van der Waals surface area contributed by atoms with E-state index < -0.39 is 0 Å². The summed E-state index contributed by atoms with van der Waals surface area (Å²) >= 11 is 4.92. The number of rotatable bonds is 1. The first-order valence-electron chi connectivity index (χ1n) is 4.20. The van der Waals surface area contributed by atoms with Gasteiger partial charge in [0.15, 0.2) is 5.82 Å². The molecule has 0 saturated carbocycles. The summed E-state index contributed by atoms with van der Waals surface area (Å²) in [6.45, 7) is 2.74. The molecule has 72 valence electrons. The molecule has 1 saturated heterocycles. The second-order valence-electron chi connectivity index (χ2n) is 3.41. The van der Waals surface area contributed by atoms with E-state index in [4.69, 9.17) is 22.8 Å². The van der Waals surface area contributed by atoms with Crippen molar-refractivity contribution in [2.24, 2.45) is 0 Å². The number of hydrogen-bond donors (Lipinski definition) is 2. The number of H-pyrrole nitrogens is 1. The zero-order valence-corrected chi connectivity index (χ0v) is 8.23. The molecule has 2 heterocycles. The van der Waals surface area contributed by atoms with Gasteiger partial charge in [-0.25, -0.2) is 4.68 Å². The summed E-state index contributed by atoms with van der Waals surface area (Å²) in [6, 6.07) is 0. The average Bonchev–Trinajstić information content (AvgIpc) is 2.63.